The van der Waals surface area contributed by atoms with Crippen LogP contribution in [0.4, 0.5) is 0 Å². The van der Waals surface area contributed by atoms with Gasteiger partial charge in [-0.3, -0.25) is 4.79 Å². The Morgan fingerprint density at radius 2 is 2.05 bits per heavy atom. The van der Waals surface area contributed by atoms with Crippen molar-refractivity contribution in [2.24, 2.45) is 5.92 Å². The standard InChI is InChI=1S/C15H20N2O2.ClH/c18-15(12-6-8-16-10-12)17-13-7-9-19-14(13)11-4-2-1-3-5-11;/h1-5,12-14,16H,6-10H2,(H,17,18);1H. The van der Waals surface area contributed by atoms with E-state index >= 15 is 0 Å². The van der Waals surface area contributed by atoms with Crippen LogP contribution in [-0.4, -0.2) is 31.6 Å². The van der Waals surface area contributed by atoms with Crippen molar-refractivity contribution in [1.82, 2.24) is 10.6 Å². The zero-order valence-corrected chi connectivity index (χ0v) is 12.2. The van der Waals surface area contributed by atoms with E-state index in [1.807, 2.05) is 18.2 Å². The normalized spacial score (nSPS) is 28.9. The first-order valence-corrected chi connectivity index (χ1v) is 7.02. The highest BCUT2D eigenvalue weighted by molar-refractivity contribution is 5.85. The van der Waals surface area contributed by atoms with Gasteiger partial charge in [0.15, 0.2) is 0 Å². The van der Waals surface area contributed by atoms with Gasteiger partial charge in [-0.25, -0.2) is 0 Å². The van der Waals surface area contributed by atoms with Crippen LogP contribution in [0, 0.1) is 5.92 Å². The van der Waals surface area contributed by atoms with Crippen LogP contribution in [-0.2, 0) is 9.53 Å². The molecule has 0 radical (unpaired) electrons. The molecule has 3 rings (SSSR count). The van der Waals surface area contributed by atoms with E-state index in [0.29, 0.717) is 6.61 Å². The third kappa shape index (κ3) is 3.32. The van der Waals surface area contributed by atoms with Gasteiger partial charge in [-0.1, -0.05) is 30.3 Å². The Hall–Kier alpha value is -1.10. The molecule has 2 heterocycles. The fraction of sp³-hybridized carbons (Fsp3) is 0.533. The Bertz CT molecular complexity index is 435. The number of benzene rings is 1. The molecule has 2 aliphatic heterocycles. The number of hydrogen-bond acceptors (Lipinski definition) is 3. The number of ether oxygens (including phenoxy) is 1. The summed E-state index contributed by atoms with van der Waals surface area (Å²) < 4.78 is 5.78. The number of halogens is 1. The van der Waals surface area contributed by atoms with E-state index in [0.717, 1.165) is 31.5 Å². The van der Waals surface area contributed by atoms with Gasteiger partial charge in [0, 0.05) is 13.2 Å². The van der Waals surface area contributed by atoms with Crippen molar-refractivity contribution in [2.75, 3.05) is 19.7 Å². The molecule has 4 nitrogen and oxygen atoms in total. The highest BCUT2D eigenvalue weighted by Gasteiger charge is 2.33. The van der Waals surface area contributed by atoms with Gasteiger partial charge in [0.2, 0.25) is 5.91 Å². The topological polar surface area (TPSA) is 50.4 Å². The molecule has 0 bridgehead atoms. The second-order valence-electron chi connectivity index (χ2n) is 5.30. The summed E-state index contributed by atoms with van der Waals surface area (Å²) in [6, 6.07) is 10.2. The zero-order valence-electron chi connectivity index (χ0n) is 11.4. The van der Waals surface area contributed by atoms with E-state index < -0.39 is 0 Å². The molecule has 0 aliphatic carbocycles. The predicted molar refractivity (Wildman–Crippen MR) is 79.9 cm³/mol. The van der Waals surface area contributed by atoms with E-state index in [1.54, 1.807) is 0 Å². The first kappa shape index (κ1) is 15.3. The number of carbonyl (C=O) groups is 1. The lowest BCUT2D eigenvalue weighted by atomic mass is 10.0. The Labute approximate surface area is 125 Å². The fourth-order valence-corrected chi connectivity index (χ4v) is 2.89. The molecule has 2 aliphatic rings. The lowest BCUT2D eigenvalue weighted by molar-refractivity contribution is -0.125. The van der Waals surface area contributed by atoms with E-state index in [2.05, 4.69) is 22.8 Å². The van der Waals surface area contributed by atoms with Gasteiger partial charge in [0.05, 0.1) is 12.0 Å². The smallest absolute Gasteiger partial charge is 0.224 e. The van der Waals surface area contributed by atoms with Gasteiger partial charge in [-0.05, 0) is 24.9 Å². The molecular weight excluding hydrogens is 276 g/mol. The van der Waals surface area contributed by atoms with Crippen LogP contribution in [0.2, 0.25) is 0 Å². The summed E-state index contributed by atoms with van der Waals surface area (Å²) in [7, 11) is 0. The molecule has 2 N–H and O–H groups in total. The van der Waals surface area contributed by atoms with E-state index in [9.17, 15) is 4.79 Å². The molecule has 0 saturated carbocycles. The summed E-state index contributed by atoms with van der Waals surface area (Å²) in [5.41, 5.74) is 1.15. The zero-order chi connectivity index (χ0) is 13.1. The van der Waals surface area contributed by atoms with Gasteiger partial charge in [-0.2, -0.15) is 0 Å². The summed E-state index contributed by atoms with van der Waals surface area (Å²) in [5, 5.41) is 6.39. The minimum atomic E-state index is -0.000452. The van der Waals surface area contributed by atoms with E-state index in [-0.39, 0.29) is 36.4 Å². The molecule has 1 aromatic rings. The first-order valence-electron chi connectivity index (χ1n) is 7.02. The molecule has 2 fully saturated rings. The minimum Gasteiger partial charge on any atom is -0.371 e. The van der Waals surface area contributed by atoms with E-state index in [1.165, 1.54) is 0 Å². The molecule has 110 valence electrons. The highest BCUT2D eigenvalue weighted by atomic mass is 35.5. The molecule has 2 saturated heterocycles. The first-order chi connectivity index (χ1) is 9.34. The largest absolute Gasteiger partial charge is 0.371 e. The number of carbonyl (C=O) groups excluding carboxylic acids is 1. The van der Waals surface area contributed by atoms with Crippen LogP contribution in [0.3, 0.4) is 0 Å². The van der Waals surface area contributed by atoms with Crippen LogP contribution < -0.4 is 10.6 Å². The molecule has 0 spiro atoms. The summed E-state index contributed by atoms with van der Waals surface area (Å²) in [6.07, 6.45) is 1.83. The quantitative estimate of drug-likeness (QED) is 0.892. The molecule has 0 aromatic heterocycles. The average molecular weight is 297 g/mol. The number of amides is 1. The summed E-state index contributed by atoms with van der Waals surface area (Å²) in [4.78, 5) is 12.2. The molecule has 3 unspecified atom stereocenters. The lowest BCUT2D eigenvalue weighted by Crippen LogP contribution is -2.41. The Balaban J connectivity index is 0.00000147. The second-order valence-corrected chi connectivity index (χ2v) is 5.30. The van der Waals surface area contributed by atoms with Crippen LogP contribution >= 0.6 is 12.4 Å². The third-order valence-corrected chi connectivity index (χ3v) is 3.98. The maximum Gasteiger partial charge on any atom is 0.224 e. The molecule has 1 amide bonds. The van der Waals surface area contributed by atoms with Crippen LogP contribution in [0.5, 0.6) is 0 Å². The van der Waals surface area contributed by atoms with Crippen LogP contribution in [0.1, 0.15) is 24.5 Å². The van der Waals surface area contributed by atoms with Crippen LogP contribution in [0.25, 0.3) is 0 Å². The Kier molecular flexibility index (Phi) is 5.40. The molecule has 5 heteroatoms. The fourth-order valence-electron chi connectivity index (χ4n) is 2.89. The van der Waals surface area contributed by atoms with Crippen molar-refractivity contribution in [3.05, 3.63) is 35.9 Å². The maximum atomic E-state index is 12.2. The highest BCUT2D eigenvalue weighted by Crippen LogP contribution is 2.29. The number of hydrogen-bond donors (Lipinski definition) is 2. The SMILES string of the molecule is Cl.O=C(NC1CCOC1c1ccccc1)C1CCNC1. The van der Waals surface area contributed by atoms with Crippen LogP contribution in [0.15, 0.2) is 30.3 Å². The minimum absolute atomic E-state index is 0. The Morgan fingerprint density at radius 1 is 1.25 bits per heavy atom. The molecule has 3 atom stereocenters. The monoisotopic (exact) mass is 296 g/mol. The second kappa shape index (κ2) is 7.07. The number of nitrogens with one attached hydrogen (secondary N) is 2. The molecular formula is C15H21ClN2O2. The average Bonchev–Trinajstić information content (AvgIpc) is 3.11. The maximum absolute atomic E-state index is 12.2. The molecule has 20 heavy (non-hydrogen) atoms. The Morgan fingerprint density at radius 3 is 2.75 bits per heavy atom. The third-order valence-electron chi connectivity index (χ3n) is 3.98. The summed E-state index contributed by atoms with van der Waals surface area (Å²) in [5.74, 6) is 0.290. The van der Waals surface area contributed by atoms with Crippen molar-refractivity contribution in [3.8, 4) is 0 Å². The van der Waals surface area contributed by atoms with Crippen molar-refractivity contribution < 1.29 is 9.53 Å². The predicted octanol–water partition coefficient (Wildman–Crippen LogP) is 1.66. The van der Waals surface area contributed by atoms with Gasteiger partial charge in [-0.15, -0.1) is 12.4 Å². The summed E-state index contributed by atoms with van der Waals surface area (Å²) >= 11 is 0. The van der Waals surface area contributed by atoms with Gasteiger partial charge in [0.25, 0.3) is 0 Å². The van der Waals surface area contributed by atoms with Crippen molar-refractivity contribution in [3.63, 3.8) is 0 Å². The summed E-state index contributed by atoms with van der Waals surface area (Å²) in [6.45, 7) is 2.46. The van der Waals surface area contributed by atoms with Gasteiger partial charge >= 0.3 is 0 Å². The van der Waals surface area contributed by atoms with Gasteiger partial charge in [0.1, 0.15) is 6.10 Å². The van der Waals surface area contributed by atoms with Crippen molar-refractivity contribution in [1.29, 1.82) is 0 Å². The lowest BCUT2D eigenvalue weighted by Gasteiger charge is -2.21. The number of rotatable bonds is 3. The molecule has 1 aromatic carbocycles. The van der Waals surface area contributed by atoms with Crippen molar-refractivity contribution in [2.45, 2.75) is 25.0 Å². The van der Waals surface area contributed by atoms with E-state index in [4.69, 9.17) is 4.74 Å². The van der Waals surface area contributed by atoms with Crippen molar-refractivity contribution >= 4 is 18.3 Å². The van der Waals surface area contributed by atoms with Gasteiger partial charge < -0.3 is 15.4 Å².